The van der Waals surface area contributed by atoms with Crippen LogP contribution in [0.1, 0.15) is 73.6 Å². The molecule has 31 heavy (non-hydrogen) atoms. The maximum atomic E-state index is 13.0. The molecule has 1 aromatic heterocycles. The smallest absolute Gasteiger partial charge is 0.257 e. The topological polar surface area (TPSA) is 54.9 Å². The number of benzene rings is 2. The summed E-state index contributed by atoms with van der Waals surface area (Å²) in [6.45, 7) is 15.1. The normalized spacial score (nSPS) is 12.1. The van der Waals surface area contributed by atoms with Crippen molar-refractivity contribution < 1.29 is 4.79 Å². The average molecular weight is 454 g/mol. The molecule has 1 heterocycles. The Hall–Kier alpha value is -2.18. The highest BCUT2D eigenvalue weighted by molar-refractivity contribution is 7.98. The van der Waals surface area contributed by atoms with Gasteiger partial charge in [-0.3, -0.25) is 10.1 Å². The second kappa shape index (κ2) is 9.13. The third kappa shape index (κ3) is 6.40. The highest BCUT2D eigenvalue weighted by atomic mass is 32.2. The van der Waals surface area contributed by atoms with Gasteiger partial charge in [0.1, 0.15) is 5.01 Å². The summed E-state index contributed by atoms with van der Waals surface area (Å²) in [5.41, 5.74) is 4.12. The molecule has 0 aliphatic heterocycles. The predicted molar refractivity (Wildman–Crippen MR) is 132 cm³/mol. The highest BCUT2D eigenvalue weighted by Gasteiger charge is 2.22. The number of carbonyl (C=O) groups is 1. The monoisotopic (exact) mass is 453 g/mol. The number of carbonyl (C=O) groups excluding carboxylic acids is 1. The van der Waals surface area contributed by atoms with Crippen molar-refractivity contribution >= 4 is 34.1 Å². The molecule has 0 bridgehead atoms. The van der Waals surface area contributed by atoms with Crippen LogP contribution in [-0.4, -0.2) is 16.1 Å². The Morgan fingerprint density at radius 1 is 0.935 bits per heavy atom. The molecule has 0 radical (unpaired) electrons. The summed E-state index contributed by atoms with van der Waals surface area (Å²) in [5, 5.41) is 12.8. The Kier molecular flexibility index (Phi) is 6.92. The van der Waals surface area contributed by atoms with Crippen LogP contribution in [0.2, 0.25) is 0 Å². The molecule has 164 valence electrons. The Balaban J connectivity index is 1.73. The third-order valence-electron chi connectivity index (χ3n) is 5.00. The number of rotatable bonds is 5. The van der Waals surface area contributed by atoms with Gasteiger partial charge in [0.25, 0.3) is 5.91 Å². The summed E-state index contributed by atoms with van der Waals surface area (Å²) in [6, 6.07) is 14.6. The van der Waals surface area contributed by atoms with E-state index in [9.17, 15) is 4.79 Å². The molecule has 0 atom stereocenters. The molecular formula is C25H31N3OS2. The first-order valence-corrected chi connectivity index (χ1v) is 12.2. The molecule has 0 saturated carbocycles. The third-order valence-corrected chi connectivity index (χ3v) is 7.04. The van der Waals surface area contributed by atoms with Gasteiger partial charge in [-0.15, -0.1) is 22.0 Å². The van der Waals surface area contributed by atoms with Gasteiger partial charge in [-0.1, -0.05) is 76.6 Å². The molecule has 1 N–H and O–H groups in total. The molecule has 0 saturated heterocycles. The Morgan fingerprint density at radius 2 is 1.52 bits per heavy atom. The van der Waals surface area contributed by atoms with Gasteiger partial charge in [0, 0.05) is 10.5 Å². The van der Waals surface area contributed by atoms with Crippen LogP contribution >= 0.6 is 23.1 Å². The maximum Gasteiger partial charge on any atom is 0.257 e. The van der Waals surface area contributed by atoms with E-state index in [1.807, 2.05) is 12.1 Å². The summed E-state index contributed by atoms with van der Waals surface area (Å²) in [5.74, 6) is 0.579. The molecule has 0 unspecified atom stereocenters. The quantitative estimate of drug-likeness (QED) is 0.423. The Bertz CT molecular complexity index is 1030. The number of nitrogens with one attached hydrogen (secondary N) is 1. The molecule has 6 heteroatoms. The minimum atomic E-state index is -0.148. The molecule has 3 aromatic rings. The van der Waals surface area contributed by atoms with Crippen molar-refractivity contribution in [2.24, 2.45) is 0 Å². The first-order chi connectivity index (χ1) is 14.4. The van der Waals surface area contributed by atoms with Crippen LogP contribution in [0.3, 0.4) is 0 Å². The van der Waals surface area contributed by atoms with E-state index >= 15 is 0 Å². The molecule has 0 fully saturated rings. The first-order valence-electron chi connectivity index (χ1n) is 10.4. The number of aromatic nitrogens is 2. The van der Waals surface area contributed by atoms with E-state index in [1.165, 1.54) is 21.8 Å². The molecule has 2 aromatic carbocycles. The van der Waals surface area contributed by atoms with Gasteiger partial charge < -0.3 is 0 Å². The maximum absolute atomic E-state index is 13.0. The van der Waals surface area contributed by atoms with Gasteiger partial charge in [0.15, 0.2) is 0 Å². The summed E-state index contributed by atoms with van der Waals surface area (Å²) < 4.78 is 0. The van der Waals surface area contributed by atoms with E-state index in [2.05, 4.69) is 94.3 Å². The zero-order valence-corrected chi connectivity index (χ0v) is 21.0. The highest BCUT2D eigenvalue weighted by Crippen LogP contribution is 2.31. The number of amides is 1. The van der Waals surface area contributed by atoms with E-state index in [0.717, 1.165) is 21.9 Å². The lowest BCUT2D eigenvalue weighted by Crippen LogP contribution is -2.20. The van der Waals surface area contributed by atoms with E-state index in [1.54, 1.807) is 11.8 Å². The number of hydrogen-bond donors (Lipinski definition) is 1. The fraction of sp³-hybridized carbons (Fsp3) is 0.400. The van der Waals surface area contributed by atoms with Crippen molar-refractivity contribution in [3.05, 3.63) is 69.7 Å². The van der Waals surface area contributed by atoms with E-state index in [4.69, 9.17) is 0 Å². The number of aryl methyl sites for hydroxylation is 1. The van der Waals surface area contributed by atoms with Crippen LogP contribution in [0, 0.1) is 6.92 Å². The van der Waals surface area contributed by atoms with Gasteiger partial charge in [0.05, 0.1) is 5.75 Å². The SMILES string of the molecule is Cc1ccc(SCc2nnc(NC(=O)c3cc(C(C)(C)C)cc(C(C)(C)C)c3)s2)cc1. The van der Waals surface area contributed by atoms with Crippen molar-refractivity contribution in [2.75, 3.05) is 5.32 Å². The van der Waals surface area contributed by atoms with Crippen molar-refractivity contribution in [3.8, 4) is 0 Å². The molecule has 4 nitrogen and oxygen atoms in total. The number of hydrogen-bond acceptors (Lipinski definition) is 5. The summed E-state index contributed by atoms with van der Waals surface area (Å²) in [4.78, 5) is 14.2. The zero-order valence-electron chi connectivity index (χ0n) is 19.4. The fourth-order valence-electron chi connectivity index (χ4n) is 2.94. The van der Waals surface area contributed by atoms with Crippen LogP contribution in [0.15, 0.2) is 47.4 Å². The summed E-state index contributed by atoms with van der Waals surface area (Å²) in [6.07, 6.45) is 0. The van der Waals surface area contributed by atoms with Crippen LogP contribution in [0.4, 0.5) is 5.13 Å². The van der Waals surface area contributed by atoms with E-state index < -0.39 is 0 Å². The lowest BCUT2D eigenvalue weighted by molar-refractivity contribution is 0.102. The zero-order chi connectivity index (χ0) is 22.8. The fourth-order valence-corrected chi connectivity index (χ4v) is 4.56. The minimum absolute atomic E-state index is 0.0423. The summed E-state index contributed by atoms with van der Waals surface area (Å²) in [7, 11) is 0. The predicted octanol–water partition coefficient (Wildman–Crippen LogP) is 6.99. The van der Waals surface area contributed by atoms with E-state index in [-0.39, 0.29) is 16.7 Å². The lowest BCUT2D eigenvalue weighted by atomic mass is 9.79. The first kappa shape index (κ1) is 23.5. The molecule has 0 aliphatic rings. The van der Waals surface area contributed by atoms with Gasteiger partial charge in [0.2, 0.25) is 5.13 Å². The number of anilines is 1. The van der Waals surface area contributed by atoms with Gasteiger partial charge in [-0.25, -0.2) is 0 Å². The second-order valence-corrected chi connectivity index (χ2v) is 12.0. The van der Waals surface area contributed by atoms with Gasteiger partial charge >= 0.3 is 0 Å². The lowest BCUT2D eigenvalue weighted by Gasteiger charge is -2.26. The second-order valence-electron chi connectivity index (χ2n) is 9.86. The van der Waals surface area contributed by atoms with Crippen LogP contribution in [-0.2, 0) is 16.6 Å². The van der Waals surface area contributed by atoms with Crippen molar-refractivity contribution in [1.29, 1.82) is 0 Å². The average Bonchev–Trinajstić information content (AvgIpc) is 3.13. The van der Waals surface area contributed by atoms with Gasteiger partial charge in [-0.05, 0) is 53.1 Å². The molecular weight excluding hydrogens is 422 g/mol. The van der Waals surface area contributed by atoms with Crippen LogP contribution in [0.5, 0.6) is 0 Å². The van der Waals surface area contributed by atoms with Crippen molar-refractivity contribution in [3.63, 3.8) is 0 Å². The summed E-state index contributed by atoms with van der Waals surface area (Å²) >= 11 is 3.14. The van der Waals surface area contributed by atoms with Crippen molar-refractivity contribution in [1.82, 2.24) is 10.2 Å². The molecule has 0 spiro atoms. The Morgan fingerprint density at radius 3 is 2.06 bits per heavy atom. The minimum Gasteiger partial charge on any atom is -0.296 e. The van der Waals surface area contributed by atoms with Crippen LogP contribution < -0.4 is 5.32 Å². The van der Waals surface area contributed by atoms with Crippen LogP contribution in [0.25, 0.3) is 0 Å². The van der Waals surface area contributed by atoms with Crippen molar-refractivity contribution in [2.45, 2.75) is 69.9 Å². The molecule has 3 rings (SSSR count). The Labute approximate surface area is 193 Å². The van der Waals surface area contributed by atoms with Gasteiger partial charge in [-0.2, -0.15) is 0 Å². The standard InChI is InChI=1S/C25H31N3OS2/c1-16-8-10-20(11-9-16)30-15-21-27-28-23(31-21)26-22(29)17-12-18(24(2,3)4)14-19(13-17)25(5,6)7/h8-14H,15H2,1-7H3,(H,26,28,29). The molecule has 1 amide bonds. The number of nitrogens with zero attached hydrogens (tertiary/aromatic N) is 2. The largest absolute Gasteiger partial charge is 0.296 e. The molecule has 0 aliphatic carbocycles. The number of thioether (sulfide) groups is 1. The van der Waals surface area contributed by atoms with E-state index in [0.29, 0.717) is 10.7 Å².